The van der Waals surface area contributed by atoms with E-state index in [0.29, 0.717) is 6.10 Å². The first kappa shape index (κ1) is 16.4. The third-order valence-corrected chi connectivity index (χ3v) is 4.88. The summed E-state index contributed by atoms with van der Waals surface area (Å²) in [6.07, 6.45) is 5.40. The Morgan fingerprint density at radius 1 is 1.04 bits per heavy atom. The van der Waals surface area contributed by atoms with Crippen molar-refractivity contribution < 1.29 is 4.74 Å². The molecule has 1 aromatic rings. The fraction of sp³-hybridized carbons (Fsp3) is 0.632. The third-order valence-electron chi connectivity index (χ3n) is 4.88. The third kappa shape index (κ3) is 4.78. The Balaban J connectivity index is 1.59. The average molecular weight is 313 g/mol. The molecule has 23 heavy (non-hydrogen) atoms. The minimum absolute atomic E-state index is 0.296. The van der Waals surface area contributed by atoms with Crippen molar-refractivity contribution in [3.8, 4) is 6.07 Å². The molecule has 0 spiro atoms. The maximum absolute atomic E-state index is 9.27. The minimum atomic E-state index is 0.296. The van der Waals surface area contributed by atoms with E-state index >= 15 is 0 Å². The maximum atomic E-state index is 9.27. The lowest BCUT2D eigenvalue weighted by atomic mass is 10.1. The van der Waals surface area contributed by atoms with E-state index in [9.17, 15) is 5.26 Å². The number of benzene rings is 1. The van der Waals surface area contributed by atoms with E-state index in [2.05, 4.69) is 21.9 Å². The van der Waals surface area contributed by atoms with E-state index in [1.807, 2.05) is 18.2 Å². The summed E-state index contributed by atoms with van der Waals surface area (Å²) in [6.45, 7) is 7.22. The summed E-state index contributed by atoms with van der Waals surface area (Å²) in [5, 5.41) is 9.27. The van der Waals surface area contributed by atoms with Gasteiger partial charge in [0.15, 0.2) is 0 Å². The van der Waals surface area contributed by atoms with Crippen molar-refractivity contribution in [2.45, 2.75) is 38.3 Å². The Hall–Kier alpha value is -1.41. The Kier molecular flexibility index (Phi) is 6.04. The number of piperidine rings is 1. The molecule has 2 aliphatic rings. The molecule has 124 valence electrons. The number of hydrogen-bond acceptors (Lipinski definition) is 4. The van der Waals surface area contributed by atoms with Crippen LogP contribution in [-0.4, -0.2) is 55.2 Å². The summed E-state index contributed by atoms with van der Waals surface area (Å²) >= 11 is 0. The van der Waals surface area contributed by atoms with Gasteiger partial charge in [0.25, 0.3) is 0 Å². The lowest BCUT2D eigenvalue weighted by Crippen LogP contribution is -2.42. The van der Waals surface area contributed by atoms with Gasteiger partial charge in [-0.1, -0.05) is 24.6 Å². The standard InChI is InChI=1S/C19H27N3O/c20-13-17-7-2-3-8-18(17)14-22-11-6-12-23-19(16-22)15-21-9-4-1-5-10-21/h2-3,7-8,19H,1,4-6,9-12,14-16H2. The lowest BCUT2D eigenvalue weighted by molar-refractivity contribution is 0.0217. The molecule has 1 unspecified atom stereocenters. The van der Waals surface area contributed by atoms with Gasteiger partial charge in [-0.3, -0.25) is 4.90 Å². The van der Waals surface area contributed by atoms with Crippen molar-refractivity contribution in [3.63, 3.8) is 0 Å². The minimum Gasteiger partial charge on any atom is -0.376 e. The molecule has 1 aromatic carbocycles. The first-order chi connectivity index (χ1) is 11.3. The van der Waals surface area contributed by atoms with E-state index in [4.69, 9.17) is 4.74 Å². The van der Waals surface area contributed by atoms with Crippen LogP contribution in [0.4, 0.5) is 0 Å². The Morgan fingerprint density at radius 3 is 2.65 bits per heavy atom. The van der Waals surface area contributed by atoms with Crippen LogP contribution in [-0.2, 0) is 11.3 Å². The molecule has 2 heterocycles. The Labute approximate surface area is 139 Å². The highest BCUT2D eigenvalue weighted by Gasteiger charge is 2.22. The van der Waals surface area contributed by atoms with E-state index in [1.165, 1.54) is 32.4 Å². The molecule has 0 aliphatic carbocycles. The topological polar surface area (TPSA) is 39.5 Å². The Bertz CT molecular complexity index is 534. The summed E-state index contributed by atoms with van der Waals surface area (Å²) in [6, 6.07) is 10.3. The van der Waals surface area contributed by atoms with Crippen molar-refractivity contribution in [2.24, 2.45) is 0 Å². The quantitative estimate of drug-likeness (QED) is 0.857. The smallest absolute Gasteiger partial charge is 0.0995 e. The molecule has 0 radical (unpaired) electrons. The van der Waals surface area contributed by atoms with Crippen LogP contribution in [0.1, 0.15) is 36.8 Å². The number of rotatable bonds is 4. The van der Waals surface area contributed by atoms with Crippen LogP contribution in [0.2, 0.25) is 0 Å². The number of hydrogen-bond donors (Lipinski definition) is 0. The SMILES string of the molecule is N#Cc1ccccc1CN1CCCOC(CN2CCCCC2)C1. The molecule has 1 atom stereocenters. The highest BCUT2D eigenvalue weighted by Crippen LogP contribution is 2.16. The normalized spacial score (nSPS) is 24.0. The molecule has 0 N–H and O–H groups in total. The molecule has 0 aromatic heterocycles. The van der Waals surface area contributed by atoms with Crippen molar-refractivity contribution in [1.29, 1.82) is 5.26 Å². The van der Waals surface area contributed by atoms with Gasteiger partial charge in [0.2, 0.25) is 0 Å². The number of ether oxygens (including phenoxy) is 1. The van der Waals surface area contributed by atoms with Gasteiger partial charge in [0.1, 0.15) is 0 Å². The second-order valence-corrected chi connectivity index (χ2v) is 6.71. The molecule has 0 saturated carbocycles. The molecule has 4 heteroatoms. The number of nitriles is 1. The maximum Gasteiger partial charge on any atom is 0.0995 e. The van der Waals surface area contributed by atoms with Gasteiger partial charge in [-0.05, 0) is 44.0 Å². The average Bonchev–Trinajstić information content (AvgIpc) is 2.81. The van der Waals surface area contributed by atoms with Crippen molar-refractivity contribution in [3.05, 3.63) is 35.4 Å². The van der Waals surface area contributed by atoms with Gasteiger partial charge in [-0.25, -0.2) is 0 Å². The highest BCUT2D eigenvalue weighted by molar-refractivity contribution is 5.37. The van der Waals surface area contributed by atoms with Gasteiger partial charge in [0, 0.05) is 32.8 Å². The second kappa shape index (κ2) is 8.44. The van der Waals surface area contributed by atoms with Crippen LogP contribution in [0.5, 0.6) is 0 Å². The summed E-state index contributed by atoms with van der Waals surface area (Å²) < 4.78 is 6.08. The van der Waals surface area contributed by atoms with E-state index in [1.54, 1.807) is 0 Å². The fourth-order valence-electron chi connectivity index (χ4n) is 3.66. The van der Waals surface area contributed by atoms with Crippen molar-refractivity contribution in [2.75, 3.05) is 39.3 Å². The van der Waals surface area contributed by atoms with Gasteiger partial charge in [-0.15, -0.1) is 0 Å². The predicted octanol–water partition coefficient (Wildman–Crippen LogP) is 2.64. The van der Waals surface area contributed by atoms with Crippen LogP contribution in [0, 0.1) is 11.3 Å². The van der Waals surface area contributed by atoms with E-state index in [0.717, 1.165) is 50.3 Å². The lowest BCUT2D eigenvalue weighted by Gasteiger charge is -2.31. The first-order valence-corrected chi connectivity index (χ1v) is 8.89. The molecule has 0 amide bonds. The predicted molar refractivity (Wildman–Crippen MR) is 91.1 cm³/mol. The number of likely N-dealkylation sites (tertiary alicyclic amines) is 1. The molecule has 2 fully saturated rings. The van der Waals surface area contributed by atoms with Crippen LogP contribution < -0.4 is 0 Å². The van der Waals surface area contributed by atoms with Crippen molar-refractivity contribution >= 4 is 0 Å². The molecule has 0 bridgehead atoms. The van der Waals surface area contributed by atoms with Crippen molar-refractivity contribution in [1.82, 2.24) is 9.80 Å². The van der Waals surface area contributed by atoms with E-state index < -0.39 is 0 Å². The molecule has 2 aliphatic heterocycles. The van der Waals surface area contributed by atoms with Gasteiger partial charge >= 0.3 is 0 Å². The van der Waals surface area contributed by atoms with Crippen LogP contribution >= 0.6 is 0 Å². The fourth-order valence-corrected chi connectivity index (χ4v) is 3.66. The molecular weight excluding hydrogens is 286 g/mol. The highest BCUT2D eigenvalue weighted by atomic mass is 16.5. The molecule has 4 nitrogen and oxygen atoms in total. The summed E-state index contributed by atoms with van der Waals surface area (Å²) in [7, 11) is 0. The summed E-state index contributed by atoms with van der Waals surface area (Å²) in [4.78, 5) is 5.01. The molecular formula is C19H27N3O. The van der Waals surface area contributed by atoms with Crippen LogP contribution in [0.15, 0.2) is 24.3 Å². The van der Waals surface area contributed by atoms with Gasteiger partial charge in [0.05, 0.1) is 17.7 Å². The second-order valence-electron chi connectivity index (χ2n) is 6.71. The van der Waals surface area contributed by atoms with Crippen LogP contribution in [0.3, 0.4) is 0 Å². The zero-order valence-electron chi connectivity index (χ0n) is 13.9. The zero-order valence-corrected chi connectivity index (χ0v) is 13.9. The van der Waals surface area contributed by atoms with Crippen LogP contribution in [0.25, 0.3) is 0 Å². The monoisotopic (exact) mass is 313 g/mol. The van der Waals surface area contributed by atoms with Gasteiger partial charge in [-0.2, -0.15) is 5.26 Å². The largest absolute Gasteiger partial charge is 0.376 e. The summed E-state index contributed by atoms with van der Waals surface area (Å²) in [5.41, 5.74) is 1.93. The molecule has 3 rings (SSSR count). The van der Waals surface area contributed by atoms with E-state index in [-0.39, 0.29) is 0 Å². The first-order valence-electron chi connectivity index (χ1n) is 8.89. The zero-order chi connectivity index (χ0) is 15.9. The number of nitrogens with zero attached hydrogens (tertiary/aromatic N) is 3. The Morgan fingerprint density at radius 2 is 1.83 bits per heavy atom. The van der Waals surface area contributed by atoms with Gasteiger partial charge < -0.3 is 9.64 Å². The summed E-state index contributed by atoms with van der Waals surface area (Å²) in [5.74, 6) is 0. The molecule has 2 saturated heterocycles.